The highest BCUT2D eigenvalue weighted by Gasteiger charge is 2.20. The van der Waals surface area contributed by atoms with Gasteiger partial charge in [0, 0.05) is 17.4 Å². The van der Waals surface area contributed by atoms with E-state index in [-0.39, 0.29) is 5.88 Å². The number of hydrogen-bond donors (Lipinski definition) is 1. The van der Waals surface area contributed by atoms with Crippen LogP contribution < -0.4 is 0 Å². The molecule has 1 N–H and O–H groups in total. The maximum atomic E-state index is 10.3. The molecule has 0 saturated carbocycles. The highest BCUT2D eigenvalue weighted by atomic mass is 16.3. The van der Waals surface area contributed by atoms with E-state index in [0.717, 1.165) is 53.9 Å². The average Bonchev–Trinajstić information content (AvgIpc) is 3.15. The lowest BCUT2D eigenvalue weighted by Gasteiger charge is -2.13. The van der Waals surface area contributed by atoms with Crippen molar-refractivity contribution in [3.63, 3.8) is 0 Å². The normalized spacial score (nSPS) is 17.4. The molecule has 1 aliphatic carbocycles. The van der Waals surface area contributed by atoms with Crippen LogP contribution in [-0.2, 0) is 12.8 Å². The number of hydrogen-bond acceptors (Lipinski definition) is 5. The Balaban J connectivity index is 1.69. The van der Waals surface area contributed by atoms with E-state index in [1.54, 1.807) is 10.7 Å². The van der Waals surface area contributed by atoms with Gasteiger partial charge in [0.25, 0.3) is 5.78 Å². The van der Waals surface area contributed by atoms with Crippen molar-refractivity contribution >= 4 is 29.3 Å². The van der Waals surface area contributed by atoms with Crippen LogP contribution in [0, 0.1) is 0 Å². The number of rotatable bonds is 1. The van der Waals surface area contributed by atoms with Gasteiger partial charge in [-0.25, -0.2) is 4.98 Å². The van der Waals surface area contributed by atoms with E-state index in [4.69, 9.17) is 0 Å². The second-order valence-corrected chi connectivity index (χ2v) is 6.12. The average molecular weight is 317 g/mol. The Morgan fingerprint density at radius 1 is 1.04 bits per heavy atom. The summed E-state index contributed by atoms with van der Waals surface area (Å²) in [5, 5.41) is 15.0. The van der Waals surface area contributed by atoms with Gasteiger partial charge in [-0.1, -0.05) is 18.2 Å². The van der Waals surface area contributed by atoms with Crippen LogP contribution in [0.2, 0.25) is 0 Å². The van der Waals surface area contributed by atoms with Gasteiger partial charge in [0.05, 0.1) is 17.1 Å². The third-order valence-corrected chi connectivity index (χ3v) is 4.57. The predicted octanol–water partition coefficient (Wildman–Crippen LogP) is 2.97. The van der Waals surface area contributed by atoms with Crippen molar-refractivity contribution in [1.82, 2.24) is 19.6 Å². The smallest absolute Gasteiger partial charge is 0.254 e. The Labute approximate surface area is 138 Å². The highest BCUT2D eigenvalue weighted by Crippen LogP contribution is 2.33. The molecule has 118 valence electrons. The number of aromatic hydroxyl groups is 1. The first-order chi connectivity index (χ1) is 11.8. The van der Waals surface area contributed by atoms with E-state index in [9.17, 15) is 5.11 Å². The molecular formula is C18H15N5O. The minimum absolute atomic E-state index is 0.0531. The number of aliphatic imine (C=N–C) groups is 1. The monoisotopic (exact) mass is 317 g/mol. The van der Waals surface area contributed by atoms with Crippen LogP contribution in [0.5, 0.6) is 5.88 Å². The molecule has 5 rings (SSSR count). The molecule has 0 fully saturated rings. The van der Waals surface area contributed by atoms with Crippen LogP contribution in [0.25, 0.3) is 17.4 Å². The van der Waals surface area contributed by atoms with Gasteiger partial charge >= 0.3 is 0 Å². The minimum Gasteiger partial charge on any atom is -0.492 e. The predicted molar refractivity (Wildman–Crippen MR) is 91.6 cm³/mol. The van der Waals surface area contributed by atoms with Crippen molar-refractivity contribution in [2.75, 3.05) is 0 Å². The molecule has 0 bridgehead atoms. The molecule has 2 aliphatic rings. The van der Waals surface area contributed by atoms with Crippen LogP contribution in [-0.4, -0.2) is 30.9 Å². The lowest BCUT2D eigenvalue weighted by molar-refractivity contribution is 0.455. The number of aromatic nitrogens is 4. The summed E-state index contributed by atoms with van der Waals surface area (Å²) in [5.41, 5.74) is 5.46. The summed E-state index contributed by atoms with van der Waals surface area (Å²) in [7, 11) is 0. The molecule has 2 aromatic heterocycles. The zero-order valence-electron chi connectivity index (χ0n) is 13.0. The van der Waals surface area contributed by atoms with Gasteiger partial charge in [-0.2, -0.15) is 14.6 Å². The summed E-state index contributed by atoms with van der Waals surface area (Å²) in [4.78, 5) is 13.2. The molecule has 6 nitrogen and oxygen atoms in total. The van der Waals surface area contributed by atoms with Crippen LogP contribution >= 0.6 is 0 Å². The number of fused-ring (bicyclic) bond motifs is 3. The second kappa shape index (κ2) is 4.99. The molecule has 0 atom stereocenters. The fourth-order valence-corrected chi connectivity index (χ4v) is 3.34. The van der Waals surface area contributed by atoms with Gasteiger partial charge in [0.2, 0.25) is 5.88 Å². The summed E-state index contributed by atoms with van der Waals surface area (Å²) in [6.45, 7) is 0. The molecule has 24 heavy (non-hydrogen) atoms. The van der Waals surface area contributed by atoms with E-state index < -0.39 is 0 Å². The molecule has 0 saturated heterocycles. The number of imidazole rings is 1. The highest BCUT2D eigenvalue weighted by molar-refractivity contribution is 6.21. The number of benzene rings is 1. The first-order valence-electron chi connectivity index (χ1n) is 8.12. The molecule has 1 aliphatic heterocycles. The van der Waals surface area contributed by atoms with Gasteiger partial charge < -0.3 is 5.11 Å². The molecule has 0 amide bonds. The Morgan fingerprint density at radius 2 is 1.88 bits per heavy atom. The summed E-state index contributed by atoms with van der Waals surface area (Å²) < 4.78 is 1.64. The van der Waals surface area contributed by atoms with Gasteiger partial charge in [-0.3, -0.25) is 4.99 Å². The number of para-hydroxylation sites is 1. The third kappa shape index (κ3) is 1.96. The second-order valence-electron chi connectivity index (χ2n) is 6.12. The Bertz CT molecular complexity index is 1030. The first-order valence-corrected chi connectivity index (χ1v) is 8.12. The van der Waals surface area contributed by atoms with Gasteiger partial charge in [0.15, 0.2) is 0 Å². The van der Waals surface area contributed by atoms with Crippen molar-refractivity contribution in [3.05, 3.63) is 46.9 Å². The van der Waals surface area contributed by atoms with E-state index in [2.05, 4.69) is 20.1 Å². The molecule has 1 aromatic carbocycles. The molecule has 3 heterocycles. The Kier molecular flexibility index (Phi) is 2.79. The van der Waals surface area contributed by atoms with Crippen molar-refractivity contribution in [1.29, 1.82) is 0 Å². The molecule has 0 unspecified atom stereocenters. The van der Waals surface area contributed by atoms with E-state index in [1.807, 2.05) is 30.3 Å². The zero-order chi connectivity index (χ0) is 16.1. The van der Waals surface area contributed by atoms with E-state index in [1.165, 1.54) is 0 Å². The minimum atomic E-state index is -0.0531. The summed E-state index contributed by atoms with van der Waals surface area (Å²) in [6, 6.07) is 7.92. The number of allylic oxidation sites excluding steroid dienone is 1. The van der Waals surface area contributed by atoms with E-state index in [0.29, 0.717) is 11.5 Å². The summed E-state index contributed by atoms with van der Waals surface area (Å²) >= 11 is 0. The van der Waals surface area contributed by atoms with Crippen LogP contribution in [0.1, 0.15) is 35.5 Å². The quantitative estimate of drug-likeness (QED) is 0.748. The summed E-state index contributed by atoms with van der Waals surface area (Å²) in [5.74, 6) is 0.394. The van der Waals surface area contributed by atoms with E-state index >= 15 is 0 Å². The standard InChI is InChI=1S/C18H15N5O/c24-17-16(9-11-10-19-13-6-2-1-5-12(11)13)23-18(21-17)20-14-7-3-4-8-15(14)22-23/h1-2,5-6,9-10,24H,3-4,7-8H2/b11-9+. The fourth-order valence-electron chi connectivity index (χ4n) is 3.34. The van der Waals surface area contributed by atoms with Crippen LogP contribution in [0.15, 0.2) is 29.3 Å². The van der Waals surface area contributed by atoms with Gasteiger partial charge in [-0.05, 0) is 37.8 Å². The van der Waals surface area contributed by atoms with Crippen molar-refractivity contribution < 1.29 is 5.11 Å². The maximum absolute atomic E-state index is 10.3. The summed E-state index contributed by atoms with van der Waals surface area (Å²) in [6.07, 6.45) is 7.79. The molecule has 0 spiro atoms. The third-order valence-electron chi connectivity index (χ3n) is 4.57. The van der Waals surface area contributed by atoms with Gasteiger partial charge in [-0.15, -0.1) is 0 Å². The van der Waals surface area contributed by atoms with Crippen molar-refractivity contribution in [3.8, 4) is 5.88 Å². The lowest BCUT2D eigenvalue weighted by Crippen LogP contribution is -2.12. The number of nitrogens with zero attached hydrogens (tertiary/aromatic N) is 5. The van der Waals surface area contributed by atoms with Crippen molar-refractivity contribution in [2.45, 2.75) is 25.7 Å². The number of aryl methyl sites for hydroxylation is 2. The van der Waals surface area contributed by atoms with Crippen LogP contribution in [0.3, 0.4) is 0 Å². The first kappa shape index (κ1) is 13.4. The zero-order valence-corrected chi connectivity index (χ0v) is 13.0. The Morgan fingerprint density at radius 3 is 2.79 bits per heavy atom. The maximum Gasteiger partial charge on any atom is 0.254 e. The Hall–Kier alpha value is -3.02. The van der Waals surface area contributed by atoms with Crippen LogP contribution in [0.4, 0.5) is 5.69 Å². The molecule has 3 aromatic rings. The molecule has 6 heteroatoms. The van der Waals surface area contributed by atoms with Crippen molar-refractivity contribution in [2.24, 2.45) is 4.99 Å². The fraction of sp³-hybridized carbons (Fsp3) is 0.222. The lowest BCUT2D eigenvalue weighted by atomic mass is 10.0. The molecule has 0 radical (unpaired) electrons. The topological polar surface area (TPSA) is 75.7 Å². The van der Waals surface area contributed by atoms with Gasteiger partial charge in [0.1, 0.15) is 5.69 Å². The SMILES string of the molecule is Oc1nc2nc3c(nn2c1/C=C1\C=Nc2ccccc21)CCCC3. The largest absolute Gasteiger partial charge is 0.492 e. The molecular weight excluding hydrogens is 302 g/mol.